The van der Waals surface area contributed by atoms with Crippen molar-refractivity contribution in [1.29, 1.82) is 0 Å². The quantitative estimate of drug-likeness (QED) is 0.740. The second-order valence-electron chi connectivity index (χ2n) is 3.49. The first-order valence-electron chi connectivity index (χ1n) is 5.11. The monoisotopic (exact) mass is 217 g/mol. The third-order valence-corrected chi connectivity index (χ3v) is 2.01. The highest BCUT2D eigenvalue weighted by Gasteiger charge is 1.98. The van der Waals surface area contributed by atoms with Gasteiger partial charge in [-0.05, 0) is 30.7 Å². The molecule has 0 bridgehead atoms. The molecule has 3 heteroatoms. The van der Waals surface area contributed by atoms with E-state index < -0.39 is 0 Å². The highest BCUT2D eigenvalue weighted by atomic mass is 16.2. The van der Waals surface area contributed by atoms with Crippen LogP contribution in [0.3, 0.4) is 0 Å². The minimum Gasteiger partial charge on any atom is -0.395 e. The van der Waals surface area contributed by atoms with Crippen LogP contribution in [0, 0.1) is 18.8 Å². The predicted molar refractivity (Wildman–Crippen MR) is 64.1 cm³/mol. The Morgan fingerprint density at radius 3 is 2.81 bits per heavy atom. The molecular formula is C13H15NO2. The number of aliphatic hydroxyl groups excluding tert-OH is 1. The zero-order chi connectivity index (χ0) is 12.0. The first-order chi connectivity index (χ1) is 7.63. The van der Waals surface area contributed by atoms with Gasteiger partial charge in [0, 0.05) is 24.6 Å². The van der Waals surface area contributed by atoms with E-state index in [-0.39, 0.29) is 12.5 Å². The zero-order valence-corrected chi connectivity index (χ0v) is 9.50. The molecule has 84 valence electrons. The van der Waals surface area contributed by atoms with Gasteiger partial charge in [-0.1, -0.05) is 11.8 Å². The van der Waals surface area contributed by atoms with E-state index in [4.69, 9.17) is 5.11 Å². The maximum atomic E-state index is 10.9. The largest absolute Gasteiger partial charge is 0.395 e. The summed E-state index contributed by atoms with van der Waals surface area (Å²) >= 11 is 0. The van der Waals surface area contributed by atoms with Gasteiger partial charge in [-0.15, -0.1) is 0 Å². The van der Waals surface area contributed by atoms with Crippen LogP contribution in [-0.2, 0) is 4.79 Å². The molecule has 2 N–H and O–H groups in total. The third-order valence-electron chi connectivity index (χ3n) is 2.01. The van der Waals surface area contributed by atoms with Gasteiger partial charge < -0.3 is 10.4 Å². The fourth-order valence-corrected chi connectivity index (χ4v) is 1.30. The van der Waals surface area contributed by atoms with Gasteiger partial charge in [-0.25, -0.2) is 0 Å². The number of carbonyl (C=O) groups is 1. The lowest BCUT2D eigenvalue weighted by Crippen LogP contribution is -2.05. The maximum absolute atomic E-state index is 10.9. The Bertz CT molecular complexity index is 441. The van der Waals surface area contributed by atoms with Crippen molar-refractivity contribution in [1.82, 2.24) is 0 Å². The average molecular weight is 217 g/mol. The molecule has 1 amide bonds. The minimum absolute atomic E-state index is 0.0794. The zero-order valence-electron chi connectivity index (χ0n) is 9.50. The topological polar surface area (TPSA) is 49.3 Å². The maximum Gasteiger partial charge on any atom is 0.221 e. The van der Waals surface area contributed by atoms with Gasteiger partial charge in [0.15, 0.2) is 0 Å². The number of hydrogen-bond donors (Lipinski definition) is 2. The molecule has 1 aromatic carbocycles. The van der Waals surface area contributed by atoms with Crippen molar-refractivity contribution in [3.63, 3.8) is 0 Å². The molecule has 0 aliphatic rings. The molecule has 16 heavy (non-hydrogen) atoms. The Kier molecular flexibility index (Phi) is 4.56. The summed E-state index contributed by atoms with van der Waals surface area (Å²) in [5.74, 6) is 5.75. The smallest absolute Gasteiger partial charge is 0.221 e. The molecular weight excluding hydrogens is 202 g/mol. The summed E-state index contributed by atoms with van der Waals surface area (Å²) in [4.78, 5) is 10.9. The fourth-order valence-electron chi connectivity index (χ4n) is 1.30. The molecule has 1 aromatic rings. The van der Waals surface area contributed by atoms with Crippen molar-refractivity contribution in [2.75, 3.05) is 11.9 Å². The summed E-state index contributed by atoms with van der Waals surface area (Å²) in [5.41, 5.74) is 2.71. The molecule has 0 atom stereocenters. The summed E-state index contributed by atoms with van der Waals surface area (Å²) in [7, 11) is 0. The molecule has 0 radical (unpaired) electrons. The number of aliphatic hydroxyl groups is 1. The Balaban J connectivity index is 2.84. The number of nitrogens with one attached hydrogen (secondary N) is 1. The summed E-state index contributed by atoms with van der Waals surface area (Å²) in [6.45, 7) is 3.49. The van der Waals surface area contributed by atoms with Crippen molar-refractivity contribution in [3.05, 3.63) is 29.3 Å². The van der Waals surface area contributed by atoms with Gasteiger partial charge in [0.1, 0.15) is 0 Å². The van der Waals surface area contributed by atoms with Crippen LogP contribution in [0.15, 0.2) is 18.2 Å². The summed E-state index contributed by atoms with van der Waals surface area (Å²) in [6, 6.07) is 5.56. The van der Waals surface area contributed by atoms with E-state index in [0.29, 0.717) is 6.42 Å². The van der Waals surface area contributed by atoms with E-state index >= 15 is 0 Å². The van der Waals surface area contributed by atoms with E-state index in [1.54, 1.807) is 0 Å². The van der Waals surface area contributed by atoms with Gasteiger partial charge in [-0.3, -0.25) is 4.79 Å². The molecule has 0 saturated carbocycles. The van der Waals surface area contributed by atoms with Crippen LogP contribution < -0.4 is 5.32 Å². The van der Waals surface area contributed by atoms with E-state index in [1.807, 2.05) is 25.1 Å². The Labute approximate surface area is 95.5 Å². The molecule has 0 fully saturated rings. The number of benzene rings is 1. The fraction of sp³-hybridized carbons (Fsp3) is 0.308. The third kappa shape index (κ3) is 3.76. The van der Waals surface area contributed by atoms with Gasteiger partial charge in [0.05, 0.1) is 6.61 Å². The molecule has 0 spiro atoms. The van der Waals surface area contributed by atoms with Gasteiger partial charge >= 0.3 is 0 Å². The number of aryl methyl sites for hydroxylation is 1. The average Bonchev–Trinajstić information content (AvgIpc) is 2.20. The number of amides is 1. The van der Waals surface area contributed by atoms with Crippen LogP contribution in [-0.4, -0.2) is 17.6 Å². The number of rotatable bonds is 2. The van der Waals surface area contributed by atoms with Crippen LogP contribution in [0.25, 0.3) is 0 Å². The second-order valence-corrected chi connectivity index (χ2v) is 3.49. The molecule has 1 rings (SSSR count). The Morgan fingerprint density at radius 1 is 1.50 bits per heavy atom. The van der Waals surface area contributed by atoms with Gasteiger partial charge in [0.25, 0.3) is 0 Å². The minimum atomic E-state index is -0.0847. The van der Waals surface area contributed by atoms with E-state index in [2.05, 4.69) is 17.2 Å². The summed E-state index contributed by atoms with van der Waals surface area (Å²) < 4.78 is 0. The van der Waals surface area contributed by atoms with Crippen LogP contribution in [0.1, 0.15) is 24.5 Å². The molecule has 3 nitrogen and oxygen atoms in total. The van der Waals surface area contributed by atoms with Crippen molar-refractivity contribution in [3.8, 4) is 11.8 Å². The lowest BCUT2D eigenvalue weighted by Gasteiger charge is -2.04. The number of carbonyl (C=O) groups excluding carboxylic acids is 1. The predicted octanol–water partition coefficient (Wildman–Crippen LogP) is 1.69. The van der Waals surface area contributed by atoms with Crippen LogP contribution in [0.4, 0.5) is 5.69 Å². The number of hydrogen-bond acceptors (Lipinski definition) is 2. The van der Waals surface area contributed by atoms with E-state index in [1.165, 1.54) is 6.92 Å². The summed E-state index contributed by atoms with van der Waals surface area (Å²) in [6.07, 6.45) is 0.479. The standard InChI is InChI=1S/C13H15NO2/c1-10-9-13(14-11(2)16)7-6-12(10)5-3-4-8-15/h6-7,9,15H,4,8H2,1-2H3,(H,14,16). The molecule has 0 heterocycles. The second kappa shape index (κ2) is 5.94. The molecule has 0 saturated heterocycles. The number of anilines is 1. The van der Waals surface area contributed by atoms with Gasteiger partial charge in [-0.2, -0.15) is 0 Å². The highest BCUT2D eigenvalue weighted by Crippen LogP contribution is 2.14. The first kappa shape index (κ1) is 12.3. The van der Waals surface area contributed by atoms with Crippen LogP contribution in [0.2, 0.25) is 0 Å². The molecule has 0 aliphatic carbocycles. The normalized spacial score (nSPS) is 9.19. The molecule has 0 aliphatic heterocycles. The van der Waals surface area contributed by atoms with Crippen LogP contribution in [0.5, 0.6) is 0 Å². The highest BCUT2D eigenvalue weighted by molar-refractivity contribution is 5.88. The lowest BCUT2D eigenvalue weighted by molar-refractivity contribution is -0.114. The Hall–Kier alpha value is -1.79. The van der Waals surface area contributed by atoms with Crippen molar-refractivity contribution in [2.45, 2.75) is 20.3 Å². The molecule has 0 aromatic heterocycles. The van der Waals surface area contributed by atoms with E-state index in [0.717, 1.165) is 16.8 Å². The lowest BCUT2D eigenvalue weighted by atomic mass is 10.1. The SMILES string of the molecule is CC(=O)Nc1ccc(C#CCCO)c(C)c1. The van der Waals surface area contributed by atoms with Crippen molar-refractivity contribution in [2.24, 2.45) is 0 Å². The van der Waals surface area contributed by atoms with Gasteiger partial charge in [0.2, 0.25) is 5.91 Å². The van der Waals surface area contributed by atoms with Crippen molar-refractivity contribution < 1.29 is 9.90 Å². The summed E-state index contributed by atoms with van der Waals surface area (Å²) in [5, 5.41) is 11.3. The molecule has 0 unspecified atom stereocenters. The van der Waals surface area contributed by atoms with E-state index in [9.17, 15) is 4.79 Å². The first-order valence-corrected chi connectivity index (χ1v) is 5.11. The Morgan fingerprint density at radius 2 is 2.25 bits per heavy atom. The van der Waals surface area contributed by atoms with Crippen LogP contribution >= 0.6 is 0 Å². The van der Waals surface area contributed by atoms with Crippen molar-refractivity contribution >= 4 is 11.6 Å².